The number of non-ortho nitro benzene ring substituents is 1. The molecule has 2 aromatic rings. The van der Waals surface area contributed by atoms with Crippen LogP contribution in [0.25, 0.3) is 0 Å². The third kappa shape index (κ3) is 2.85. The van der Waals surface area contributed by atoms with E-state index in [-0.39, 0.29) is 22.5 Å². The average molecular weight is 283 g/mol. The number of anilines is 1. The van der Waals surface area contributed by atoms with Crippen LogP contribution in [0.4, 0.5) is 11.6 Å². The zero-order valence-corrected chi connectivity index (χ0v) is 10.3. The first-order chi connectivity index (χ1) is 8.88. The molecule has 0 saturated heterocycles. The molecule has 2 rings (SSSR count). The van der Waals surface area contributed by atoms with Crippen LogP contribution in [0, 0.1) is 10.1 Å². The monoisotopic (exact) mass is 283 g/mol. The van der Waals surface area contributed by atoms with Crippen molar-refractivity contribution in [3.63, 3.8) is 0 Å². The van der Waals surface area contributed by atoms with Gasteiger partial charge in [0.15, 0.2) is 0 Å². The van der Waals surface area contributed by atoms with E-state index < -0.39 is 14.8 Å². The molecule has 3 N–H and O–H groups in total. The summed E-state index contributed by atoms with van der Waals surface area (Å²) in [7, 11) is -3.70. The highest BCUT2D eigenvalue weighted by Crippen LogP contribution is 2.16. The van der Waals surface area contributed by atoms with Crippen molar-refractivity contribution in [1.29, 1.82) is 0 Å². The van der Waals surface area contributed by atoms with Crippen LogP contribution < -0.4 is 5.73 Å². The van der Waals surface area contributed by atoms with Crippen LogP contribution in [0.3, 0.4) is 0 Å². The number of H-pyrrole nitrogens is 1. The van der Waals surface area contributed by atoms with Crippen LogP contribution in [0.15, 0.2) is 29.4 Å². The van der Waals surface area contributed by atoms with Gasteiger partial charge in [-0.3, -0.25) is 10.1 Å². The van der Waals surface area contributed by atoms with E-state index in [1.54, 1.807) is 0 Å². The maximum absolute atomic E-state index is 11.9. The van der Waals surface area contributed by atoms with Gasteiger partial charge in [-0.2, -0.15) is 4.98 Å². The van der Waals surface area contributed by atoms with E-state index in [1.165, 1.54) is 24.3 Å². The molecule has 19 heavy (non-hydrogen) atoms. The predicted molar refractivity (Wildman–Crippen MR) is 64.8 cm³/mol. The summed E-state index contributed by atoms with van der Waals surface area (Å²) in [4.78, 5) is 13.5. The van der Waals surface area contributed by atoms with E-state index in [2.05, 4.69) is 15.2 Å². The molecule has 1 aromatic carbocycles. The standard InChI is InChI=1S/C9H9N5O4S/c10-8-11-9(13-12-8)19(17,18)5-6-1-3-7(4-2-6)14(15)16/h1-4H,5H2,(H3,10,11,12,13). The van der Waals surface area contributed by atoms with E-state index in [9.17, 15) is 18.5 Å². The van der Waals surface area contributed by atoms with Gasteiger partial charge in [-0.1, -0.05) is 12.1 Å². The van der Waals surface area contributed by atoms with Crippen molar-refractivity contribution in [2.75, 3.05) is 5.73 Å². The summed E-state index contributed by atoms with van der Waals surface area (Å²) in [5.74, 6) is -0.512. The number of aromatic nitrogens is 3. The average Bonchev–Trinajstić information content (AvgIpc) is 2.77. The summed E-state index contributed by atoms with van der Waals surface area (Å²) in [5.41, 5.74) is 5.53. The molecule has 0 atom stereocenters. The molecule has 0 aliphatic carbocycles. The first-order valence-electron chi connectivity index (χ1n) is 5.02. The second-order valence-electron chi connectivity index (χ2n) is 3.68. The molecular weight excluding hydrogens is 274 g/mol. The van der Waals surface area contributed by atoms with Gasteiger partial charge in [0.05, 0.1) is 10.7 Å². The van der Waals surface area contributed by atoms with Gasteiger partial charge in [-0.25, -0.2) is 13.5 Å². The van der Waals surface area contributed by atoms with Crippen molar-refractivity contribution in [3.8, 4) is 0 Å². The Bertz CT molecular complexity index is 706. The van der Waals surface area contributed by atoms with Crippen molar-refractivity contribution < 1.29 is 13.3 Å². The number of hydrogen-bond donors (Lipinski definition) is 2. The van der Waals surface area contributed by atoms with Gasteiger partial charge in [-0.15, -0.1) is 5.10 Å². The fraction of sp³-hybridized carbons (Fsp3) is 0.111. The fourth-order valence-electron chi connectivity index (χ4n) is 1.40. The predicted octanol–water partition coefficient (Wildman–Crippen LogP) is 0.269. The van der Waals surface area contributed by atoms with Gasteiger partial charge in [0, 0.05) is 12.1 Å². The second kappa shape index (κ2) is 4.65. The number of nitrogens with one attached hydrogen (secondary N) is 1. The number of hydrogen-bond acceptors (Lipinski definition) is 7. The normalized spacial score (nSPS) is 11.4. The quantitative estimate of drug-likeness (QED) is 0.604. The van der Waals surface area contributed by atoms with Crippen molar-refractivity contribution in [1.82, 2.24) is 15.2 Å². The van der Waals surface area contributed by atoms with E-state index in [1.807, 2.05) is 0 Å². The van der Waals surface area contributed by atoms with Gasteiger partial charge in [0.25, 0.3) is 5.69 Å². The van der Waals surface area contributed by atoms with Crippen molar-refractivity contribution in [2.45, 2.75) is 10.9 Å². The minimum absolute atomic E-state index is 0.106. The molecule has 1 heterocycles. The number of rotatable bonds is 4. The number of nitrogens with two attached hydrogens (primary N) is 1. The molecule has 0 spiro atoms. The largest absolute Gasteiger partial charge is 0.366 e. The van der Waals surface area contributed by atoms with Crippen LogP contribution in [0.5, 0.6) is 0 Å². The highest BCUT2D eigenvalue weighted by Gasteiger charge is 2.20. The Morgan fingerprint density at radius 2 is 1.95 bits per heavy atom. The maximum atomic E-state index is 11.9. The topological polar surface area (TPSA) is 145 Å². The lowest BCUT2D eigenvalue weighted by atomic mass is 10.2. The van der Waals surface area contributed by atoms with Crippen LogP contribution in [-0.4, -0.2) is 28.5 Å². The molecule has 10 heteroatoms. The molecule has 0 amide bonds. The van der Waals surface area contributed by atoms with Crippen LogP contribution >= 0.6 is 0 Å². The van der Waals surface area contributed by atoms with Crippen molar-refractivity contribution in [2.24, 2.45) is 0 Å². The van der Waals surface area contributed by atoms with E-state index in [0.29, 0.717) is 5.56 Å². The fourth-order valence-corrected chi connectivity index (χ4v) is 2.59. The first kappa shape index (κ1) is 13.0. The van der Waals surface area contributed by atoms with Gasteiger partial charge in [-0.05, 0) is 5.56 Å². The Morgan fingerprint density at radius 1 is 1.32 bits per heavy atom. The number of aromatic amines is 1. The number of nitrogens with zero attached hydrogens (tertiary/aromatic N) is 3. The molecule has 0 radical (unpaired) electrons. The summed E-state index contributed by atoms with van der Waals surface area (Å²) < 4.78 is 23.8. The number of benzene rings is 1. The molecule has 0 saturated carbocycles. The van der Waals surface area contributed by atoms with Crippen LogP contribution in [0.1, 0.15) is 5.56 Å². The Morgan fingerprint density at radius 3 is 2.42 bits per heavy atom. The highest BCUT2D eigenvalue weighted by atomic mass is 32.2. The number of sulfone groups is 1. The Labute approximate surface area is 107 Å². The lowest BCUT2D eigenvalue weighted by Gasteiger charge is -2.00. The van der Waals surface area contributed by atoms with Gasteiger partial charge >= 0.3 is 0 Å². The number of nitro benzene ring substituents is 1. The Kier molecular flexibility index (Phi) is 3.17. The summed E-state index contributed by atoms with van der Waals surface area (Å²) in [6, 6.07) is 5.21. The molecule has 100 valence electrons. The van der Waals surface area contributed by atoms with Gasteiger partial charge < -0.3 is 5.73 Å². The summed E-state index contributed by atoms with van der Waals surface area (Å²) in [5, 5.41) is 15.8. The third-order valence-electron chi connectivity index (χ3n) is 2.28. The van der Waals surface area contributed by atoms with Crippen molar-refractivity contribution >= 4 is 21.5 Å². The number of nitrogen functional groups attached to an aromatic ring is 1. The van der Waals surface area contributed by atoms with Gasteiger partial charge in [0.2, 0.25) is 20.9 Å². The smallest absolute Gasteiger partial charge is 0.269 e. The van der Waals surface area contributed by atoms with Crippen molar-refractivity contribution in [3.05, 3.63) is 39.9 Å². The molecule has 0 aliphatic heterocycles. The molecule has 0 fully saturated rings. The summed E-state index contributed by atoms with van der Waals surface area (Å²) in [6.45, 7) is 0. The molecule has 0 unspecified atom stereocenters. The zero-order valence-electron chi connectivity index (χ0n) is 9.48. The highest BCUT2D eigenvalue weighted by molar-refractivity contribution is 7.90. The second-order valence-corrected chi connectivity index (χ2v) is 5.59. The summed E-state index contributed by atoms with van der Waals surface area (Å²) in [6.07, 6.45) is 0. The lowest BCUT2D eigenvalue weighted by molar-refractivity contribution is -0.384. The molecule has 0 aliphatic rings. The number of nitro groups is 1. The molecular formula is C9H9N5O4S. The van der Waals surface area contributed by atoms with Crippen LogP contribution in [0.2, 0.25) is 0 Å². The maximum Gasteiger partial charge on any atom is 0.269 e. The van der Waals surface area contributed by atoms with E-state index in [0.717, 1.165) is 0 Å². The Hall–Kier alpha value is -2.49. The van der Waals surface area contributed by atoms with E-state index >= 15 is 0 Å². The third-order valence-corrected chi connectivity index (χ3v) is 3.77. The Balaban J connectivity index is 2.23. The zero-order chi connectivity index (χ0) is 14.0. The minimum Gasteiger partial charge on any atom is -0.366 e. The van der Waals surface area contributed by atoms with Gasteiger partial charge in [0.1, 0.15) is 0 Å². The van der Waals surface area contributed by atoms with Crippen LogP contribution in [-0.2, 0) is 15.6 Å². The lowest BCUT2D eigenvalue weighted by Crippen LogP contribution is -2.07. The van der Waals surface area contributed by atoms with E-state index in [4.69, 9.17) is 5.73 Å². The molecule has 0 bridgehead atoms. The molecule has 9 nitrogen and oxygen atoms in total. The SMILES string of the molecule is Nc1n[nH]c(S(=O)(=O)Cc2ccc([N+](=O)[O-])cc2)n1. The minimum atomic E-state index is -3.70. The molecule has 1 aromatic heterocycles. The first-order valence-corrected chi connectivity index (χ1v) is 6.68. The summed E-state index contributed by atoms with van der Waals surface area (Å²) >= 11 is 0.